The minimum atomic E-state index is -0.255. The number of fused-ring (bicyclic) bond motifs is 2. The lowest BCUT2D eigenvalue weighted by atomic mass is 10.00. The first-order chi connectivity index (χ1) is 10.1. The van der Waals surface area contributed by atoms with Crippen LogP contribution in [-0.2, 0) is 0 Å². The Kier molecular flexibility index (Phi) is 2.90. The van der Waals surface area contributed by atoms with E-state index in [4.69, 9.17) is 5.73 Å². The van der Waals surface area contributed by atoms with Crippen molar-refractivity contribution in [1.29, 1.82) is 0 Å². The van der Waals surface area contributed by atoms with Crippen molar-refractivity contribution in [3.63, 3.8) is 0 Å². The molecule has 0 bridgehead atoms. The number of aliphatic hydroxyl groups excluding tert-OH is 1. The molecule has 1 saturated carbocycles. The molecule has 1 aliphatic heterocycles. The number of nitrogens with two attached hydrogens (primary N) is 1. The summed E-state index contributed by atoms with van der Waals surface area (Å²) >= 11 is 1.41. The molecule has 3 unspecified atom stereocenters. The molecule has 1 aliphatic carbocycles. The van der Waals surface area contributed by atoms with Gasteiger partial charge in [-0.1, -0.05) is 0 Å². The summed E-state index contributed by atoms with van der Waals surface area (Å²) in [5.74, 6) is 0.664. The monoisotopic (exact) mass is 303 g/mol. The van der Waals surface area contributed by atoms with E-state index in [1.54, 1.807) is 6.20 Å². The quantitative estimate of drug-likeness (QED) is 0.840. The molecule has 2 aromatic heterocycles. The van der Waals surface area contributed by atoms with Gasteiger partial charge in [-0.2, -0.15) is 0 Å². The Balaban J connectivity index is 1.64. The van der Waals surface area contributed by atoms with Crippen molar-refractivity contribution in [2.45, 2.75) is 18.9 Å². The molecule has 6 heteroatoms. The van der Waals surface area contributed by atoms with Gasteiger partial charge < -0.3 is 15.7 Å². The zero-order valence-corrected chi connectivity index (χ0v) is 12.3. The number of nitrogens with zero attached hydrogens (tertiary/aromatic N) is 2. The standard InChI is InChI=1S/C15H17N3O2S/c16-12-13-11(2-1-5-17-13)21-14(12)15(20)18-6-8-3-4-10(19)9(8)7-18/h1-2,5,8-10,19H,3-4,6-7,16H2. The van der Waals surface area contributed by atoms with Crippen molar-refractivity contribution in [2.24, 2.45) is 11.8 Å². The van der Waals surface area contributed by atoms with Gasteiger partial charge in [-0.05, 0) is 30.9 Å². The van der Waals surface area contributed by atoms with Crippen LogP contribution in [0.2, 0.25) is 0 Å². The zero-order valence-electron chi connectivity index (χ0n) is 11.5. The Morgan fingerprint density at radius 3 is 3.05 bits per heavy atom. The molecule has 3 N–H and O–H groups in total. The van der Waals surface area contributed by atoms with Crippen LogP contribution in [0.5, 0.6) is 0 Å². The van der Waals surface area contributed by atoms with Crippen LogP contribution in [0.4, 0.5) is 5.69 Å². The van der Waals surface area contributed by atoms with Gasteiger partial charge in [0.25, 0.3) is 5.91 Å². The number of amides is 1. The van der Waals surface area contributed by atoms with E-state index in [9.17, 15) is 9.90 Å². The number of aliphatic hydroxyl groups is 1. The van der Waals surface area contributed by atoms with Crippen LogP contribution in [0.3, 0.4) is 0 Å². The summed E-state index contributed by atoms with van der Waals surface area (Å²) in [4.78, 5) is 19.4. The first-order valence-corrected chi connectivity index (χ1v) is 8.07. The topological polar surface area (TPSA) is 79.5 Å². The predicted octanol–water partition coefficient (Wildman–Crippen LogP) is 1.72. The molecule has 1 amide bonds. The SMILES string of the molecule is Nc1c(C(=O)N2CC3CCC(O)C3C2)sc2cccnc12. The van der Waals surface area contributed by atoms with Crippen LogP contribution >= 0.6 is 11.3 Å². The smallest absolute Gasteiger partial charge is 0.266 e. The molecule has 5 nitrogen and oxygen atoms in total. The van der Waals surface area contributed by atoms with Crippen molar-refractivity contribution in [2.75, 3.05) is 18.8 Å². The summed E-state index contributed by atoms with van der Waals surface area (Å²) in [6.07, 6.45) is 3.32. The minimum absolute atomic E-state index is 0.0166. The molecule has 1 saturated heterocycles. The molecular weight excluding hydrogens is 286 g/mol. The van der Waals surface area contributed by atoms with Gasteiger partial charge in [0, 0.05) is 25.2 Å². The first kappa shape index (κ1) is 13.0. The molecule has 4 rings (SSSR count). The number of carbonyl (C=O) groups is 1. The third-order valence-electron chi connectivity index (χ3n) is 4.78. The summed E-state index contributed by atoms with van der Waals surface area (Å²) < 4.78 is 0.942. The van der Waals surface area contributed by atoms with Gasteiger partial charge in [-0.25, -0.2) is 0 Å². The average Bonchev–Trinajstić information content (AvgIpc) is 3.15. The van der Waals surface area contributed by atoms with E-state index >= 15 is 0 Å². The number of thiophene rings is 1. The maximum absolute atomic E-state index is 12.7. The molecule has 0 radical (unpaired) electrons. The number of carbonyl (C=O) groups excluding carboxylic acids is 1. The lowest BCUT2D eigenvalue weighted by molar-refractivity contribution is 0.0758. The zero-order chi connectivity index (χ0) is 14.6. The number of pyridine rings is 1. The minimum Gasteiger partial charge on any atom is -0.396 e. The second-order valence-electron chi connectivity index (χ2n) is 5.97. The fourth-order valence-corrected chi connectivity index (χ4v) is 4.70. The van der Waals surface area contributed by atoms with Crippen molar-refractivity contribution in [3.8, 4) is 0 Å². The van der Waals surface area contributed by atoms with Crippen LogP contribution in [0.25, 0.3) is 10.2 Å². The average molecular weight is 303 g/mol. The number of aromatic nitrogens is 1. The highest BCUT2D eigenvalue weighted by Gasteiger charge is 2.43. The van der Waals surface area contributed by atoms with Gasteiger partial charge in [-0.15, -0.1) is 11.3 Å². The fraction of sp³-hybridized carbons (Fsp3) is 0.467. The predicted molar refractivity (Wildman–Crippen MR) is 82.2 cm³/mol. The Morgan fingerprint density at radius 2 is 2.29 bits per heavy atom. The van der Waals surface area contributed by atoms with Crippen molar-refractivity contribution in [1.82, 2.24) is 9.88 Å². The molecule has 2 aromatic rings. The fourth-order valence-electron chi connectivity index (χ4n) is 3.65. The van der Waals surface area contributed by atoms with E-state index in [-0.39, 0.29) is 17.9 Å². The Labute approximate surface area is 126 Å². The third kappa shape index (κ3) is 1.93. The highest BCUT2D eigenvalue weighted by atomic mass is 32.1. The van der Waals surface area contributed by atoms with E-state index in [1.165, 1.54) is 11.3 Å². The summed E-state index contributed by atoms with van der Waals surface area (Å²) in [5.41, 5.74) is 7.30. The highest BCUT2D eigenvalue weighted by Crippen LogP contribution is 2.40. The number of likely N-dealkylation sites (tertiary alicyclic amines) is 1. The summed E-state index contributed by atoms with van der Waals surface area (Å²) in [7, 11) is 0. The van der Waals surface area contributed by atoms with E-state index in [1.807, 2.05) is 17.0 Å². The van der Waals surface area contributed by atoms with Crippen LogP contribution in [-0.4, -0.2) is 40.1 Å². The largest absolute Gasteiger partial charge is 0.396 e. The maximum atomic E-state index is 12.7. The molecule has 0 spiro atoms. The molecule has 3 atom stereocenters. The molecule has 3 heterocycles. The summed E-state index contributed by atoms with van der Waals surface area (Å²) in [6.45, 7) is 1.38. The number of hydrogen-bond donors (Lipinski definition) is 2. The Bertz CT molecular complexity index is 714. The molecule has 110 valence electrons. The number of rotatable bonds is 1. The lowest BCUT2D eigenvalue weighted by Crippen LogP contribution is -2.30. The molecule has 21 heavy (non-hydrogen) atoms. The number of hydrogen-bond acceptors (Lipinski definition) is 5. The van der Waals surface area contributed by atoms with E-state index < -0.39 is 0 Å². The van der Waals surface area contributed by atoms with Crippen LogP contribution < -0.4 is 5.73 Å². The number of anilines is 1. The van der Waals surface area contributed by atoms with E-state index in [2.05, 4.69) is 4.98 Å². The van der Waals surface area contributed by atoms with Crippen LogP contribution in [0.15, 0.2) is 18.3 Å². The second-order valence-corrected chi connectivity index (χ2v) is 7.03. The van der Waals surface area contributed by atoms with Crippen LogP contribution in [0.1, 0.15) is 22.5 Å². The second kappa shape index (κ2) is 4.68. The van der Waals surface area contributed by atoms with Gasteiger partial charge in [0.1, 0.15) is 10.4 Å². The van der Waals surface area contributed by atoms with Gasteiger partial charge in [-0.3, -0.25) is 9.78 Å². The molecule has 2 fully saturated rings. The van der Waals surface area contributed by atoms with Gasteiger partial charge in [0.05, 0.1) is 16.5 Å². The molecule has 2 aliphatic rings. The van der Waals surface area contributed by atoms with Gasteiger partial charge >= 0.3 is 0 Å². The Morgan fingerprint density at radius 1 is 1.43 bits per heavy atom. The van der Waals surface area contributed by atoms with Gasteiger partial charge in [0.2, 0.25) is 0 Å². The first-order valence-electron chi connectivity index (χ1n) is 7.25. The van der Waals surface area contributed by atoms with Crippen molar-refractivity contribution in [3.05, 3.63) is 23.2 Å². The third-order valence-corrected chi connectivity index (χ3v) is 5.93. The maximum Gasteiger partial charge on any atom is 0.266 e. The van der Waals surface area contributed by atoms with Gasteiger partial charge in [0.15, 0.2) is 0 Å². The number of nitrogen functional groups attached to an aromatic ring is 1. The summed E-state index contributed by atoms with van der Waals surface area (Å²) in [6, 6.07) is 3.78. The molecular formula is C15H17N3O2S. The highest BCUT2D eigenvalue weighted by molar-refractivity contribution is 7.21. The normalized spacial score (nSPS) is 28.2. The Hall–Kier alpha value is -1.66. The van der Waals surface area contributed by atoms with Crippen molar-refractivity contribution >= 4 is 33.1 Å². The van der Waals surface area contributed by atoms with E-state index in [0.717, 1.165) is 24.1 Å². The molecule has 0 aromatic carbocycles. The van der Waals surface area contributed by atoms with E-state index in [0.29, 0.717) is 28.5 Å². The summed E-state index contributed by atoms with van der Waals surface area (Å²) in [5, 5.41) is 9.97. The van der Waals surface area contributed by atoms with Crippen molar-refractivity contribution < 1.29 is 9.90 Å². The van der Waals surface area contributed by atoms with Crippen LogP contribution in [0, 0.1) is 11.8 Å². The lowest BCUT2D eigenvalue weighted by Gasteiger charge is -2.17.